The average Bonchev–Trinajstić information content (AvgIpc) is 2.27. The van der Waals surface area contributed by atoms with E-state index in [1.807, 2.05) is 0 Å². The summed E-state index contributed by atoms with van der Waals surface area (Å²) in [5.41, 5.74) is 5.46. The van der Waals surface area contributed by atoms with Crippen LogP contribution in [0.5, 0.6) is 0 Å². The molecule has 0 spiro atoms. The van der Waals surface area contributed by atoms with E-state index >= 15 is 0 Å². The highest BCUT2D eigenvalue weighted by Crippen LogP contribution is 2.15. The molecule has 0 saturated heterocycles. The molecule has 2 N–H and O–H groups in total. The van der Waals surface area contributed by atoms with Gasteiger partial charge in [0.25, 0.3) is 0 Å². The molecule has 1 aromatic rings. The number of hydrogen-bond acceptors (Lipinski definition) is 2. The Morgan fingerprint density at radius 1 is 1.37 bits per heavy atom. The summed E-state index contributed by atoms with van der Waals surface area (Å²) in [6.07, 6.45) is 0.171. The Bertz CT molecular complexity index is 407. The first kappa shape index (κ1) is 17.8. The second-order valence-corrected chi connectivity index (χ2v) is 4.29. The SMILES string of the molecule is CCN(Cc1c(F)cccc1F)C(=O)CC(C)N.Cl. The van der Waals surface area contributed by atoms with Crippen molar-refractivity contribution in [3.8, 4) is 0 Å². The van der Waals surface area contributed by atoms with Crippen LogP contribution in [0.25, 0.3) is 0 Å². The van der Waals surface area contributed by atoms with Crippen LogP contribution in [0.4, 0.5) is 8.78 Å². The Labute approximate surface area is 118 Å². The van der Waals surface area contributed by atoms with Gasteiger partial charge in [0.1, 0.15) is 11.6 Å². The van der Waals surface area contributed by atoms with E-state index in [9.17, 15) is 13.6 Å². The second kappa shape index (κ2) is 8.07. The van der Waals surface area contributed by atoms with Gasteiger partial charge in [-0.25, -0.2) is 8.78 Å². The van der Waals surface area contributed by atoms with Gasteiger partial charge >= 0.3 is 0 Å². The fourth-order valence-corrected chi connectivity index (χ4v) is 1.66. The number of benzene rings is 1. The first-order chi connectivity index (χ1) is 8.45. The predicted molar refractivity (Wildman–Crippen MR) is 73.0 cm³/mol. The van der Waals surface area contributed by atoms with E-state index in [2.05, 4.69) is 0 Å². The van der Waals surface area contributed by atoms with E-state index in [1.165, 1.54) is 23.1 Å². The van der Waals surface area contributed by atoms with Crippen LogP contribution in [0.3, 0.4) is 0 Å². The van der Waals surface area contributed by atoms with E-state index < -0.39 is 11.6 Å². The molecule has 0 aliphatic heterocycles. The molecule has 108 valence electrons. The molecule has 1 aromatic carbocycles. The van der Waals surface area contributed by atoms with Gasteiger partial charge in [-0.3, -0.25) is 4.79 Å². The van der Waals surface area contributed by atoms with Crippen molar-refractivity contribution in [2.75, 3.05) is 6.54 Å². The fraction of sp³-hybridized carbons (Fsp3) is 0.462. The van der Waals surface area contributed by atoms with Gasteiger partial charge in [-0.1, -0.05) is 6.07 Å². The maximum atomic E-state index is 13.5. The van der Waals surface area contributed by atoms with E-state index in [-0.39, 0.29) is 42.9 Å². The summed E-state index contributed by atoms with van der Waals surface area (Å²) >= 11 is 0. The summed E-state index contributed by atoms with van der Waals surface area (Å²) in [4.78, 5) is 13.2. The van der Waals surface area contributed by atoms with E-state index in [0.717, 1.165) is 0 Å². The van der Waals surface area contributed by atoms with Crippen molar-refractivity contribution in [1.29, 1.82) is 0 Å². The van der Waals surface area contributed by atoms with E-state index in [4.69, 9.17) is 5.73 Å². The molecule has 1 unspecified atom stereocenters. The van der Waals surface area contributed by atoms with Crippen LogP contribution >= 0.6 is 12.4 Å². The predicted octanol–water partition coefficient (Wildman–Crippen LogP) is 2.47. The van der Waals surface area contributed by atoms with Gasteiger partial charge in [-0.05, 0) is 26.0 Å². The molecule has 1 atom stereocenters. The molecular weight excluding hydrogens is 274 g/mol. The Hall–Kier alpha value is -1.20. The number of halogens is 3. The van der Waals surface area contributed by atoms with Crippen molar-refractivity contribution in [3.05, 3.63) is 35.4 Å². The molecule has 0 saturated carbocycles. The van der Waals surface area contributed by atoms with Crippen molar-refractivity contribution >= 4 is 18.3 Å². The van der Waals surface area contributed by atoms with Crippen LogP contribution in [-0.2, 0) is 11.3 Å². The minimum absolute atomic E-state index is 0. The van der Waals surface area contributed by atoms with Gasteiger partial charge in [-0.2, -0.15) is 0 Å². The van der Waals surface area contributed by atoms with Crippen molar-refractivity contribution in [2.45, 2.75) is 32.9 Å². The smallest absolute Gasteiger partial charge is 0.224 e. The van der Waals surface area contributed by atoms with Gasteiger partial charge in [0.15, 0.2) is 0 Å². The first-order valence-electron chi connectivity index (χ1n) is 5.92. The molecule has 1 amide bonds. The van der Waals surface area contributed by atoms with Gasteiger partial charge in [-0.15, -0.1) is 12.4 Å². The molecule has 0 aromatic heterocycles. The number of carbonyl (C=O) groups is 1. The zero-order chi connectivity index (χ0) is 13.7. The molecule has 0 aliphatic rings. The van der Waals surface area contributed by atoms with Crippen LogP contribution < -0.4 is 5.73 Å². The summed E-state index contributed by atoms with van der Waals surface area (Å²) in [6.45, 7) is 3.80. The zero-order valence-corrected chi connectivity index (χ0v) is 11.8. The lowest BCUT2D eigenvalue weighted by Crippen LogP contribution is -2.34. The second-order valence-electron chi connectivity index (χ2n) is 4.29. The molecular formula is C13H19ClF2N2O. The zero-order valence-electron chi connectivity index (χ0n) is 11.0. The summed E-state index contributed by atoms with van der Waals surface area (Å²) in [5, 5.41) is 0. The number of nitrogens with zero attached hydrogens (tertiary/aromatic N) is 1. The number of rotatable bonds is 5. The van der Waals surface area contributed by atoms with Crippen molar-refractivity contribution in [2.24, 2.45) is 5.73 Å². The maximum Gasteiger partial charge on any atom is 0.224 e. The molecule has 3 nitrogen and oxygen atoms in total. The van der Waals surface area contributed by atoms with Crippen LogP contribution in [0, 0.1) is 11.6 Å². The van der Waals surface area contributed by atoms with E-state index in [0.29, 0.717) is 6.54 Å². The van der Waals surface area contributed by atoms with Gasteiger partial charge in [0, 0.05) is 24.6 Å². The Balaban J connectivity index is 0.00000324. The summed E-state index contributed by atoms with van der Waals surface area (Å²) in [5.74, 6) is -1.47. The van der Waals surface area contributed by atoms with Gasteiger partial charge in [0.05, 0.1) is 6.54 Å². The Morgan fingerprint density at radius 3 is 2.32 bits per heavy atom. The number of nitrogens with two attached hydrogens (primary N) is 1. The van der Waals surface area contributed by atoms with Gasteiger partial charge in [0.2, 0.25) is 5.91 Å². The third-order valence-corrected chi connectivity index (χ3v) is 2.64. The standard InChI is InChI=1S/C13H18F2N2O.ClH/c1-3-17(13(18)7-9(2)16)8-10-11(14)5-4-6-12(10)15;/h4-6,9H,3,7-8,16H2,1-2H3;1H. The molecule has 1 rings (SSSR count). The molecule has 0 bridgehead atoms. The maximum absolute atomic E-state index is 13.5. The quantitative estimate of drug-likeness (QED) is 0.906. The van der Waals surface area contributed by atoms with E-state index in [1.54, 1.807) is 13.8 Å². The Morgan fingerprint density at radius 2 is 1.89 bits per heavy atom. The summed E-state index contributed by atoms with van der Waals surface area (Å²) in [6, 6.07) is 3.40. The highest BCUT2D eigenvalue weighted by molar-refractivity contribution is 5.85. The summed E-state index contributed by atoms with van der Waals surface area (Å²) in [7, 11) is 0. The lowest BCUT2D eigenvalue weighted by Gasteiger charge is -2.22. The normalized spacial score (nSPS) is 11.6. The van der Waals surface area contributed by atoms with Crippen molar-refractivity contribution in [3.63, 3.8) is 0 Å². The highest BCUT2D eigenvalue weighted by atomic mass is 35.5. The monoisotopic (exact) mass is 292 g/mol. The van der Waals surface area contributed by atoms with Gasteiger partial charge < -0.3 is 10.6 Å². The molecule has 0 heterocycles. The highest BCUT2D eigenvalue weighted by Gasteiger charge is 2.17. The Kier molecular flexibility index (Phi) is 7.56. The lowest BCUT2D eigenvalue weighted by atomic mass is 10.1. The topological polar surface area (TPSA) is 46.3 Å². The summed E-state index contributed by atoms with van der Waals surface area (Å²) < 4.78 is 26.9. The van der Waals surface area contributed by atoms with Crippen molar-refractivity contribution in [1.82, 2.24) is 4.90 Å². The molecule has 6 heteroatoms. The van der Waals surface area contributed by atoms with Crippen LogP contribution in [-0.4, -0.2) is 23.4 Å². The lowest BCUT2D eigenvalue weighted by molar-refractivity contribution is -0.131. The largest absolute Gasteiger partial charge is 0.338 e. The molecule has 0 fully saturated rings. The minimum Gasteiger partial charge on any atom is -0.338 e. The van der Waals surface area contributed by atoms with Crippen molar-refractivity contribution < 1.29 is 13.6 Å². The number of amides is 1. The third kappa shape index (κ3) is 5.12. The van der Waals surface area contributed by atoms with Crippen LogP contribution in [0.1, 0.15) is 25.8 Å². The molecule has 19 heavy (non-hydrogen) atoms. The molecule has 0 radical (unpaired) electrons. The average molecular weight is 293 g/mol. The fourth-order valence-electron chi connectivity index (χ4n) is 1.66. The molecule has 0 aliphatic carbocycles. The number of carbonyl (C=O) groups excluding carboxylic acids is 1. The van der Waals surface area contributed by atoms with Crippen LogP contribution in [0.15, 0.2) is 18.2 Å². The third-order valence-electron chi connectivity index (χ3n) is 2.64. The number of hydrogen-bond donors (Lipinski definition) is 1. The minimum atomic E-state index is -0.637. The first-order valence-corrected chi connectivity index (χ1v) is 5.92. The van der Waals surface area contributed by atoms with Crippen LogP contribution in [0.2, 0.25) is 0 Å².